The fourth-order valence-electron chi connectivity index (χ4n) is 4.75. The molecule has 2 aliphatic rings. The van der Waals surface area contributed by atoms with E-state index in [1.165, 1.54) is 20.1 Å². The van der Waals surface area contributed by atoms with Crippen molar-refractivity contribution in [2.75, 3.05) is 7.11 Å². The molecule has 2 aliphatic heterocycles. The van der Waals surface area contributed by atoms with Gasteiger partial charge < -0.3 is 24.5 Å². The molecule has 0 fully saturated rings. The molecule has 36 heavy (non-hydrogen) atoms. The van der Waals surface area contributed by atoms with E-state index in [0.29, 0.717) is 27.9 Å². The summed E-state index contributed by atoms with van der Waals surface area (Å²) in [4.78, 5) is 54.2. The van der Waals surface area contributed by atoms with Crippen molar-refractivity contribution >= 4 is 34.8 Å². The number of amides is 1. The van der Waals surface area contributed by atoms with Gasteiger partial charge in [-0.2, -0.15) is 0 Å². The van der Waals surface area contributed by atoms with Gasteiger partial charge in [0.1, 0.15) is 12.3 Å². The number of nitrogens with one attached hydrogen (secondary N) is 1. The van der Waals surface area contributed by atoms with Crippen molar-refractivity contribution in [3.05, 3.63) is 68.6 Å². The first-order valence-corrected chi connectivity index (χ1v) is 11.3. The van der Waals surface area contributed by atoms with Gasteiger partial charge in [0.25, 0.3) is 5.56 Å². The van der Waals surface area contributed by atoms with E-state index in [2.05, 4.69) is 5.32 Å². The zero-order valence-corrected chi connectivity index (χ0v) is 19.9. The van der Waals surface area contributed by atoms with Gasteiger partial charge in [-0.05, 0) is 36.3 Å². The molecule has 1 aromatic carbocycles. The number of ether oxygens (including phenoxy) is 2. The third-order valence-corrected chi connectivity index (χ3v) is 6.60. The summed E-state index contributed by atoms with van der Waals surface area (Å²) >= 11 is 0. The molecule has 0 unspecified atom stereocenters. The summed E-state index contributed by atoms with van der Waals surface area (Å²) in [5, 5.41) is 14.2. The standard InChI is InChI=1S/C26H23N3O7/c1-4-26(34)18-10-21-22-15(11-29(21)23(31)17(18)12-36-25(26)33)8-16-14(6-5-7-19(16)28-22)9-20(24(32)35-3)27-13(2)30/h5-10,34H,4,11-12H2,1-3H3,(H,27,30)/b20-9-/t26-/m0/s1. The number of esters is 2. The van der Waals surface area contributed by atoms with Crippen LogP contribution in [0.4, 0.5) is 0 Å². The Labute approximate surface area is 205 Å². The van der Waals surface area contributed by atoms with E-state index in [9.17, 15) is 24.3 Å². The van der Waals surface area contributed by atoms with E-state index >= 15 is 0 Å². The van der Waals surface area contributed by atoms with Crippen molar-refractivity contribution in [2.45, 2.75) is 39.0 Å². The van der Waals surface area contributed by atoms with Crippen molar-refractivity contribution in [3.8, 4) is 11.4 Å². The molecule has 10 heteroatoms. The molecule has 2 aromatic heterocycles. The Hall–Kier alpha value is -4.31. The fraction of sp³-hybridized carbons (Fsp3) is 0.269. The van der Waals surface area contributed by atoms with Crippen molar-refractivity contribution in [2.24, 2.45) is 0 Å². The first kappa shape index (κ1) is 23.4. The van der Waals surface area contributed by atoms with Gasteiger partial charge in [0.2, 0.25) is 5.91 Å². The molecule has 0 bridgehead atoms. The quantitative estimate of drug-likeness (QED) is 0.327. The molecule has 2 N–H and O–H groups in total. The molecule has 3 aromatic rings. The SMILES string of the molecule is CC[C@@]1(O)C(=O)OCc2c1cc1n(c2=O)Cc2cc3c(/C=C(\NC(C)=O)C(=O)OC)cccc3nc2-1. The number of hydrogen-bond acceptors (Lipinski definition) is 8. The lowest BCUT2D eigenvalue weighted by Gasteiger charge is -2.31. The monoisotopic (exact) mass is 489 g/mol. The van der Waals surface area contributed by atoms with E-state index < -0.39 is 23.4 Å². The molecule has 0 spiro atoms. The summed E-state index contributed by atoms with van der Waals surface area (Å²) in [7, 11) is 1.22. The highest BCUT2D eigenvalue weighted by molar-refractivity contribution is 6.00. The van der Waals surface area contributed by atoms with Crippen molar-refractivity contribution in [3.63, 3.8) is 0 Å². The van der Waals surface area contributed by atoms with E-state index in [1.54, 1.807) is 35.8 Å². The van der Waals surface area contributed by atoms with E-state index in [4.69, 9.17) is 14.5 Å². The van der Waals surface area contributed by atoms with E-state index in [0.717, 1.165) is 5.56 Å². The maximum absolute atomic E-state index is 13.3. The zero-order chi connectivity index (χ0) is 25.8. The van der Waals surface area contributed by atoms with Gasteiger partial charge in [0.05, 0.1) is 36.1 Å². The molecule has 10 nitrogen and oxygen atoms in total. The maximum atomic E-state index is 13.3. The van der Waals surface area contributed by atoms with Crippen molar-refractivity contribution < 1.29 is 29.0 Å². The molecular formula is C26H23N3O7. The van der Waals surface area contributed by atoms with Crippen LogP contribution in [0.5, 0.6) is 0 Å². The van der Waals surface area contributed by atoms with Crippen LogP contribution in [-0.2, 0) is 42.6 Å². The Kier molecular flexibility index (Phi) is 5.48. The van der Waals surface area contributed by atoms with Crippen LogP contribution >= 0.6 is 0 Å². The number of pyridine rings is 2. The summed E-state index contributed by atoms with van der Waals surface area (Å²) in [5.41, 5.74) is 1.29. The van der Waals surface area contributed by atoms with Gasteiger partial charge in [-0.15, -0.1) is 0 Å². The first-order valence-electron chi connectivity index (χ1n) is 11.3. The number of carbonyl (C=O) groups is 3. The molecule has 0 saturated heterocycles. The Morgan fingerprint density at radius 2 is 2.08 bits per heavy atom. The molecule has 1 atom stereocenters. The minimum absolute atomic E-state index is 0.0197. The summed E-state index contributed by atoms with van der Waals surface area (Å²) < 4.78 is 11.4. The van der Waals surface area contributed by atoms with E-state index in [-0.39, 0.29) is 42.0 Å². The number of carbonyl (C=O) groups excluding carboxylic acids is 3. The Balaban J connectivity index is 1.68. The second kappa shape index (κ2) is 8.42. The predicted molar refractivity (Wildman–Crippen MR) is 128 cm³/mol. The van der Waals surface area contributed by atoms with Crippen molar-refractivity contribution in [1.82, 2.24) is 14.9 Å². The second-order valence-corrected chi connectivity index (χ2v) is 8.74. The summed E-state index contributed by atoms with van der Waals surface area (Å²) in [6.45, 7) is 2.99. The highest BCUT2D eigenvalue weighted by atomic mass is 16.6. The third kappa shape index (κ3) is 3.49. The maximum Gasteiger partial charge on any atom is 0.354 e. The van der Waals surface area contributed by atoms with Gasteiger partial charge in [0, 0.05) is 23.4 Å². The average molecular weight is 489 g/mol. The topological polar surface area (TPSA) is 137 Å². The van der Waals surface area contributed by atoms with Crippen LogP contribution in [0.1, 0.15) is 42.5 Å². The smallest absolute Gasteiger partial charge is 0.354 e. The number of methoxy groups -OCH3 is 1. The van der Waals surface area contributed by atoms with Gasteiger partial charge in [-0.3, -0.25) is 9.59 Å². The van der Waals surface area contributed by atoms with Gasteiger partial charge >= 0.3 is 11.9 Å². The molecule has 4 heterocycles. The molecule has 184 valence electrons. The van der Waals surface area contributed by atoms with Crippen LogP contribution < -0.4 is 10.9 Å². The molecule has 0 radical (unpaired) electrons. The van der Waals surface area contributed by atoms with E-state index in [1.807, 2.05) is 6.07 Å². The van der Waals surface area contributed by atoms with Crippen LogP contribution in [0, 0.1) is 0 Å². The minimum atomic E-state index is -1.89. The summed E-state index contributed by atoms with van der Waals surface area (Å²) in [5.74, 6) is -1.89. The fourth-order valence-corrected chi connectivity index (χ4v) is 4.75. The predicted octanol–water partition coefficient (Wildman–Crippen LogP) is 1.73. The third-order valence-electron chi connectivity index (χ3n) is 6.60. The van der Waals surface area contributed by atoms with Crippen LogP contribution in [0.25, 0.3) is 28.4 Å². The van der Waals surface area contributed by atoms with Crippen molar-refractivity contribution in [1.29, 1.82) is 0 Å². The number of cyclic esters (lactones) is 1. The Morgan fingerprint density at radius 3 is 2.78 bits per heavy atom. The van der Waals surface area contributed by atoms with Crippen LogP contribution in [0.3, 0.4) is 0 Å². The number of fused-ring (bicyclic) bond motifs is 5. The highest BCUT2D eigenvalue weighted by Crippen LogP contribution is 2.39. The lowest BCUT2D eigenvalue weighted by Crippen LogP contribution is -2.44. The van der Waals surface area contributed by atoms with Crippen LogP contribution in [0.15, 0.2) is 40.8 Å². The zero-order valence-electron chi connectivity index (χ0n) is 19.9. The lowest BCUT2D eigenvalue weighted by molar-refractivity contribution is -0.172. The molecule has 1 amide bonds. The average Bonchev–Trinajstić information content (AvgIpc) is 3.22. The summed E-state index contributed by atoms with van der Waals surface area (Å²) in [6, 6.07) is 8.87. The van der Waals surface area contributed by atoms with Crippen LogP contribution in [-0.4, -0.2) is 39.6 Å². The summed E-state index contributed by atoms with van der Waals surface area (Å²) in [6.07, 6.45) is 1.58. The van der Waals surface area contributed by atoms with Gasteiger partial charge in [-0.1, -0.05) is 19.1 Å². The minimum Gasteiger partial charge on any atom is -0.464 e. The Morgan fingerprint density at radius 1 is 1.31 bits per heavy atom. The molecule has 0 saturated carbocycles. The lowest BCUT2D eigenvalue weighted by atomic mass is 9.86. The number of aliphatic hydroxyl groups is 1. The highest BCUT2D eigenvalue weighted by Gasteiger charge is 2.45. The Bertz CT molecular complexity index is 1570. The number of rotatable bonds is 4. The largest absolute Gasteiger partial charge is 0.464 e. The number of hydrogen-bond donors (Lipinski definition) is 2. The number of aromatic nitrogens is 2. The molecule has 5 rings (SSSR count). The van der Waals surface area contributed by atoms with Crippen LogP contribution in [0.2, 0.25) is 0 Å². The second-order valence-electron chi connectivity index (χ2n) is 8.74. The molecular weight excluding hydrogens is 466 g/mol. The number of benzene rings is 1. The number of nitrogens with zero attached hydrogens (tertiary/aromatic N) is 2. The van der Waals surface area contributed by atoms with Gasteiger partial charge in [-0.25, -0.2) is 14.6 Å². The first-order chi connectivity index (χ1) is 17.2. The normalized spacial score (nSPS) is 18.2. The molecule has 0 aliphatic carbocycles. The van der Waals surface area contributed by atoms with Gasteiger partial charge in [0.15, 0.2) is 5.60 Å².